The molecular formula is C20H25ClN2O. The maximum atomic E-state index is 11.9. The molecule has 0 aliphatic heterocycles. The van der Waals surface area contributed by atoms with Gasteiger partial charge in [0.2, 0.25) is 5.91 Å². The summed E-state index contributed by atoms with van der Waals surface area (Å²) in [7, 11) is 0. The van der Waals surface area contributed by atoms with Gasteiger partial charge in [-0.25, -0.2) is 0 Å². The molecule has 1 atom stereocenters. The second-order valence-corrected chi connectivity index (χ2v) is 6.50. The van der Waals surface area contributed by atoms with Crippen molar-refractivity contribution < 1.29 is 4.79 Å². The van der Waals surface area contributed by atoms with Crippen molar-refractivity contribution in [2.75, 3.05) is 0 Å². The SMILES string of the molecule is CCCC(N)C(=O)NCc1cccc(CCc2ccc(Cl)cc2)c1. The van der Waals surface area contributed by atoms with Crippen LogP contribution in [0.4, 0.5) is 0 Å². The lowest BCUT2D eigenvalue weighted by molar-refractivity contribution is -0.122. The van der Waals surface area contributed by atoms with Crippen LogP contribution in [-0.2, 0) is 24.2 Å². The summed E-state index contributed by atoms with van der Waals surface area (Å²) >= 11 is 5.91. The van der Waals surface area contributed by atoms with E-state index in [4.69, 9.17) is 17.3 Å². The third-order valence-corrected chi connectivity index (χ3v) is 4.26. The fraction of sp³-hybridized carbons (Fsp3) is 0.350. The first-order chi connectivity index (χ1) is 11.6. The van der Waals surface area contributed by atoms with Crippen LogP contribution in [0.15, 0.2) is 48.5 Å². The molecule has 0 saturated heterocycles. The molecule has 2 rings (SSSR count). The molecule has 0 aliphatic carbocycles. The molecule has 1 unspecified atom stereocenters. The molecule has 128 valence electrons. The largest absolute Gasteiger partial charge is 0.351 e. The Hall–Kier alpha value is -1.84. The molecule has 3 N–H and O–H groups in total. The second-order valence-electron chi connectivity index (χ2n) is 6.06. The molecule has 0 spiro atoms. The standard InChI is InChI=1S/C20H25ClN2O/c1-2-4-19(22)20(24)23-14-17-6-3-5-16(13-17)8-7-15-9-11-18(21)12-10-15/h3,5-6,9-13,19H,2,4,7-8,14,22H2,1H3,(H,23,24). The number of rotatable bonds is 8. The van der Waals surface area contributed by atoms with Crippen molar-refractivity contribution in [1.29, 1.82) is 0 Å². The molecule has 0 radical (unpaired) electrons. The molecule has 24 heavy (non-hydrogen) atoms. The van der Waals surface area contributed by atoms with Gasteiger partial charge in [0.05, 0.1) is 6.04 Å². The lowest BCUT2D eigenvalue weighted by Gasteiger charge is -2.12. The zero-order valence-electron chi connectivity index (χ0n) is 14.1. The highest BCUT2D eigenvalue weighted by Gasteiger charge is 2.11. The van der Waals surface area contributed by atoms with Gasteiger partial charge in [0.25, 0.3) is 0 Å². The van der Waals surface area contributed by atoms with Gasteiger partial charge >= 0.3 is 0 Å². The van der Waals surface area contributed by atoms with Crippen molar-refractivity contribution in [2.45, 2.75) is 45.2 Å². The van der Waals surface area contributed by atoms with Crippen molar-refractivity contribution in [3.63, 3.8) is 0 Å². The summed E-state index contributed by atoms with van der Waals surface area (Å²) in [6.45, 7) is 2.54. The van der Waals surface area contributed by atoms with Crippen LogP contribution in [0.5, 0.6) is 0 Å². The van der Waals surface area contributed by atoms with Gasteiger partial charge in [-0.3, -0.25) is 4.79 Å². The Kier molecular flexibility index (Phi) is 7.29. The topological polar surface area (TPSA) is 55.1 Å². The third-order valence-electron chi connectivity index (χ3n) is 4.01. The second kappa shape index (κ2) is 9.45. The Bertz CT molecular complexity index is 655. The molecule has 2 aromatic rings. The minimum absolute atomic E-state index is 0.0802. The molecular weight excluding hydrogens is 320 g/mol. The number of carbonyl (C=O) groups excluding carboxylic acids is 1. The molecule has 4 heteroatoms. The summed E-state index contributed by atoms with van der Waals surface area (Å²) in [5.41, 5.74) is 9.45. The average Bonchev–Trinajstić information content (AvgIpc) is 2.60. The van der Waals surface area contributed by atoms with E-state index >= 15 is 0 Å². The minimum Gasteiger partial charge on any atom is -0.351 e. The van der Waals surface area contributed by atoms with E-state index in [2.05, 4.69) is 29.6 Å². The number of carbonyl (C=O) groups is 1. The summed E-state index contributed by atoms with van der Waals surface area (Å²) in [6.07, 6.45) is 3.55. The molecule has 0 saturated carbocycles. The van der Waals surface area contributed by atoms with Gasteiger partial charge in [-0.05, 0) is 48.1 Å². The monoisotopic (exact) mass is 344 g/mol. The van der Waals surface area contributed by atoms with E-state index in [0.29, 0.717) is 13.0 Å². The van der Waals surface area contributed by atoms with E-state index in [-0.39, 0.29) is 5.91 Å². The lowest BCUT2D eigenvalue weighted by atomic mass is 10.0. The van der Waals surface area contributed by atoms with E-state index in [1.165, 1.54) is 11.1 Å². The first-order valence-electron chi connectivity index (χ1n) is 8.44. The highest BCUT2D eigenvalue weighted by molar-refractivity contribution is 6.30. The zero-order chi connectivity index (χ0) is 17.4. The van der Waals surface area contributed by atoms with Gasteiger partial charge in [-0.2, -0.15) is 0 Å². The Morgan fingerprint density at radius 2 is 1.75 bits per heavy atom. The highest BCUT2D eigenvalue weighted by atomic mass is 35.5. The number of nitrogens with one attached hydrogen (secondary N) is 1. The summed E-state index contributed by atoms with van der Waals surface area (Å²) in [5, 5.41) is 3.67. The van der Waals surface area contributed by atoms with E-state index in [1.807, 2.05) is 31.2 Å². The zero-order valence-corrected chi connectivity index (χ0v) is 14.9. The fourth-order valence-corrected chi connectivity index (χ4v) is 2.72. The molecule has 0 aromatic heterocycles. The predicted molar refractivity (Wildman–Crippen MR) is 100 cm³/mol. The Labute approximate surface area is 149 Å². The number of hydrogen-bond donors (Lipinski definition) is 2. The summed E-state index contributed by atoms with van der Waals surface area (Å²) in [6, 6.07) is 15.9. The van der Waals surface area contributed by atoms with E-state index in [0.717, 1.165) is 29.8 Å². The van der Waals surface area contributed by atoms with Crippen molar-refractivity contribution in [1.82, 2.24) is 5.32 Å². The minimum atomic E-state index is -0.414. The summed E-state index contributed by atoms with van der Waals surface area (Å²) in [4.78, 5) is 11.9. The molecule has 0 fully saturated rings. The first kappa shape index (κ1) is 18.5. The van der Waals surface area contributed by atoms with E-state index in [1.54, 1.807) is 0 Å². The average molecular weight is 345 g/mol. The van der Waals surface area contributed by atoms with Crippen LogP contribution in [0.1, 0.15) is 36.5 Å². The number of amides is 1. The van der Waals surface area contributed by atoms with Gasteiger partial charge in [0.15, 0.2) is 0 Å². The highest BCUT2D eigenvalue weighted by Crippen LogP contribution is 2.13. The normalized spacial score (nSPS) is 12.0. The van der Waals surface area contributed by atoms with Gasteiger partial charge < -0.3 is 11.1 Å². The fourth-order valence-electron chi connectivity index (χ4n) is 2.60. The van der Waals surface area contributed by atoms with Crippen molar-refractivity contribution in [3.05, 3.63) is 70.2 Å². The van der Waals surface area contributed by atoms with Gasteiger partial charge in [0.1, 0.15) is 0 Å². The van der Waals surface area contributed by atoms with Crippen molar-refractivity contribution in [3.8, 4) is 0 Å². The van der Waals surface area contributed by atoms with E-state index < -0.39 is 6.04 Å². The predicted octanol–water partition coefficient (Wildman–Crippen LogP) is 3.87. The van der Waals surface area contributed by atoms with Crippen LogP contribution < -0.4 is 11.1 Å². The lowest BCUT2D eigenvalue weighted by Crippen LogP contribution is -2.40. The van der Waals surface area contributed by atoms with Gasteiger partial charge in [-0.1, -0.05) is 61.3 Å². The molecule has 1 amide bonds. The molecule has 3 nitrogen and oxygen atoms in total. The molecule has 0 aliphatic rings. The Morgan fingerprint density at radius 1 is 1.08 bits per heavy atom. The molecule has 0 heterocycles. The summed E-state index contributed by atoms with van der Waals surface area (Å²) in [5.74, 6) is -0.0802. The van der Waals surface area contributed by atoms with Crippen molar-refractivity contribution >= 4 is 17.5 Å². The van der Waals surface area contributed by atoms with Crippen LogP contribution in [0.3, 0.4) is 0 Å². The number of aryl methyl sites for hydroxylation is 2. The van der Waals surface area contributed by atoms with Crippen LogP contribution in [0.25, 0.3) is 0 Å². The molecule has 2 aromatic carbocycles. The third kappa shape index (κ3) is 5.99. The van der Waals surface area contributed by atoms with Crippen LogP contribution in [-0.4, -0.2) is 11.9 Å². The Balaban J connectivity index is 1.86. The smallest absolute Gasteiger partial charge is 0.237 e. The number of hydrogen-bond acceptors (Lipinski definition) is 2. The maximum Gasteiger partial charge on any atom is 0.237 e. The molecule has 0 bridgehead atoms. The van der Waals surface area contributed by atoms with Crippen LogP contribution in [0.2, 0.25) is 5.02 Å². The number of benzene rings is 2. The van der Waals surface area contributed by atoms with Gasteiger partial charge in [-0.15, -0.1) is 0 Å². The first-order valence-corrected chi connectivity index (χ1v) is 8.82. The van der Waals surface area contributed by atoms with E-state index in [9.17, 15) is 4.79 Å². The quantitative estimate of drug-likeness (QED) is 0.763. The van der Waals surface area contributed by atoms with Crippen LogP contribution in [0, 0.1) is 0 Å². The summed E-state index contributed by atoms with van der Waals surface area (Å²) < 4.78 is 0. The number of halogens is 1. The van der Waals surface area contributed by atoms with Crippen LogP contribution >= 0.6 is 11.6 Å². The maximum absolute atomic E-state index is 11.9. The van der Waals surface area contributed by atoms with Crippen molar-refractivity contribution in [2.24, 2.45) is 5.73 Å². The van der Waals surface area contributed by atoms with Gasteiger partial charge in [0, 0.05) is 11.6 Å². The number of nitrogens with two attached hydrogens (primary N) is 1. The Morgan fingerprint density at radius 3 is 2.46 bits per heavy atom.